The molecule has 5 nitrogen and oxygen atoms in total. The number of rotatable bonds is 6. The van der Waals surface area contributed by atoms with Gasteiger partial charge in [0.1, 0.15) is 11.6 Å². The summed E-state index contributed by atoms with van der Waals surface area (Å²) in [5.41, 5.74) is 0.770. The third-order valence-electron chi connectivity index (χ3n) is 3.26. The van der Waals surface area contributed by atoms with E-state index in [0.717, 1.165) is 4.47 Å². The molecule has 0 aliphatic heterocycles. The fourth-order valence-corrected chi connectivity index (χ4v) is 2.15. The lowest BCUT2D eigenvalue weighted by molar-refractivity contribution is -0.153. The Labute approximate surface area is 153 Å². The molecule has 0 unspecified atom stereocenters. The molecule has 0 fully saturated rings. The largest absolute Gasteiger partial charge is 0.479 e. The van der Waals surface area contributed by atoms with E-state index in [0.29, 0.717) is 17.0 Å². The highest BCUT2D eigenvalue weighted by Gasteiger charge is 2.18. The van der Waals surface area contributed by atoms with E-state index in [1.807, 2.05) is 0 Å². The van der Waals surface area contributed by atoms with Crippen LogP contribution in [0.25, 0.3) is 0 Å². The average molecular weight is 410 g/mol. The van der Waals surface area contributed by atoms with Crippen LogP contribution in [0.15, 0.2) is 46.9 Å². The number of nitrogens with one attached hydrogen (secondary N) is 1. The first-order chi connectivity index (χ1) is 11.8. The van der Waals surface area contributed by atoms with E-state index in [1.54, 1.807) is 43.3 Å². The first-order valence-corrected chi connectivity index (χ1v) is 8.29. The molecule has 0 aromatic heterocycles. The standard InChI is InChI=1S/C18H17BrFNO4/c1-11-3-6-14(9-16(11)20)21-17(22)10-24-18(23)12(2)25-15-7-4-13(19)5-8-15/h3-9,12H,10H2,1-2H3,(H,21,22)/t12-/m1/s1. The van der Waals surface area contributed by atoms with Gasteiger partial charge in [-0.15, -0.1) is 0 Å². The quantitative estimate of drug-likeness (QED) is 0.735. The summed E-state index contributed by atoms with van der Waals surface area (Å²) in [5.74, 6) is -1.15. The number of carbonyl (C=O) groups is 2. The SMILES string of the molecule is Cc1ccc(NC(=O)COC(=O)[C@@H](C)Oc2ccc(Br)cc2)cc1F. The molecule has 2 rings (SSSR count). The van der Waals surface area contributed by atoms with Crippen molar-refractivity contribution >= 4 is 33.5 Å². The van der Waals surface area contributed by atoms with Crippen molar-refractivity contribution in [3.8, 4) is 5.75 Å². The van der Waals surface area contributed by atoms with Gasteiger partial charge in [-0.2, -0.15) is 0 Å². The molecule has 2 aromatic carbocycles. The van der Waals surface area contributed by atoms with Crippen molar-refractivity contribution in [3.05, 3.63) is 58.3 Å². The number of anilines is 1. The number of carbonyl (C=O) groups excluding carboxylic acids is 2. The van der Waals surface area contributed by atoms with Crippen molar-refractivity contribution in [2.75, 3.05) is 11.9 Å². The van der Waals surface area contributed by atoms with Crippen LogP contribution in [0.2, 0.25) is 0 Å². The summed E-state index contributed by atoms with van der Waals surface area (Å²) in [4.78, 5) is 23.6. The van der Waals surface area contributed by atoms with Crippen LogP contribution in [-0.2, 0) is 14.3 Å². The Morgan fingerprint density at radius 2 is 1.88 bits per heavy atom. The number of hydrogen-bond acceptors (Lipinski definition) is 4. The maximum Gasteiger partial charge on any atom is 0.347 e. The summed E-state index contributed by atoms with van der Waals surface area (Å²) < 4.78 is 24.7. The van der Waals surface area contributed by atoms with Crippen molar-refractivity contribution in [1.82, 2.24) is 0 Å². The molecule has 132 valence electrons. The zero-order chi connectivity index (χ0) is 18.4. The second-order valence-electron chi connectivity index (χ2n) is 5.33. The molecule has 7 heteroatoms. The van der Waals surface area contributed by atoms with E-state index in [4.69, 9.17) is 9.47 Å². The summed E-state index contributed by atoms with van der Waals surface area (Å²) in [5, 5.41) is 2.46. The van der Waals surface area contributed by atoms with Crippen molar-refractivity contribution in [2.45, 2.75) is 20.0 Å². The average Bonchev–Trinajstić information content (AvgIpc) is 2.58. The first kappa shape index (κ1) is 18.9. The molecule has 0 bridgehead atoms. The van der Waals surface area contributed by atoms with Gasteiger partial charge in [-0.1, -0.05) is 22.0 Å². The van der Waals surface area contributed by atoms with E-state index in [9.17, 15) is 14.0 Å². The molecule has 1 N–H and O–H groups in total. The molecule has 0 radical (unpaired) electrons. The monoisotopic (exact) mass is 409 g/mol. The van der Waals surface area contributed by atoms with Crippen molar-refractivity contribution in [3.63, 3.8) is 0 Å². The normalized spacial score (nSPS) is 11.5. The fraction of sp³-hybridized carbons (Fsp3) is 0.222. The van der Waals surface area contributed by atoms with Gasteiger partial charge in [-0.05, 0) is 55.8 Å². The lowest BCUT2D eigenvalue weighted by atomic mass is 10.2. The molecule has 0 spiro atoms. The Bertz CT molecular complexity index is 764. The molecule has 2 aromatic rings. The molecule has 0 aliphatic carbocycles. The van der Waals surface area contributed by atoms with E-state index < -0.39 is 30.4 Å². The van der Waals surface area contributed by atoms with E-state index in [2.05, 4.69) is 21.2 Å². The van der Waals surface area contributed by atoms with Gasteiger partial charge >= 0.3 is 5.97 Å². The highest BCUT2D eigenvalue weighted by molar-refractivity contribution is 9.10. The smallest absolute Gasteiger partial charge is 0.347 e. The van der Waals surface area contributed by atoms with Crippen molar-refractivity contribution in [1.29, 1.82) is 0 Å². The number of esters is 1. The molecule has 0 saturated heterocycles. The third-order valence-corrected chi connectivity index (χ3v) is 3.79. The second kappa shape index (κ2) is 8.62. The number of ether oxygens (including phenoxy) is 2. The van der Waals surface area contributed by atoms with E-state index in [1.165, 1.54) is 13.0 Å². The molecule has 1 atom stereocenters. The number of hydrogen-bond donors (Lipinski definition) is 1. The lowest BCUT2D eigenvalue weighted by Gasteiger charge is -2.14. The number of aryl methyl sites for hydroxylation is 1. The lowest BCUT2D eigenvalue weighted by Crippen LogP contribution is -2.29. The minimum absolute atomic E-state index is 0.295. The molecule has 1 amide bonds. The Morgan fingerprint density at radius 3 is 2.52 bits per heavy atom. The van der Waals surface area contributed by atoms with Gasteiger partial charge in [-0.3, -0.25) is 4.79 Å². The van der Waals surface area contributed by atoms with Crippen LogP contribution < -0.4 is 10.1 Å². The Balaban J connectivity index is 1.80. The van der Waals surface area contributed by atoms with Gasteiger partial charge in [0.05, 0.1) is 0 Å². The van der Waals surface area contributed by atoms with Gasteiger partial charge in [-0.25, -0.2) is 9.18 Å². The zero-order valence-electron chi connectivity index (χ0n) is 13.7. The van der Waals surface area contributed by atoms with Gasteiger partial charge < -0.3 is 14.8 Å². The molecule has 25 heavy (non-hydrogen) atoms. The van der Waals surface area contributed by atoms with Gasteiger partial charge in [0.25, 0.3) is 5.91 Å². The second-order valence-corrected chi connectivity index (χ2v) is 6.25. The number of benzene rings is 2. The predicted molar refractivity (Wildman–Crippen MR) is 95.0 cm³/mol. The first-order valence-electron chi connectivity index (χ1n) is 7.50. The van der Waals surface area contributed by atoms with E-state index >= 15 is 0 Å². The van der Waals surface area contributed by atoms with Gasteiger partial charge in [0, 0.05) is 10.2 Å². The Morgan fingerprint density at radius 1 is 1.20 bits per heavy atom. The van der Waals surface area contributed by atoms with Crippen LogP contribution in [0.5, 0.6) is 5.75 Å². The van der Waals surface area contributed by atoms with Gasteiger partial charge in [0.15, 0.2) is 12.7 Å². The molecule has 0 heterocycles. The summed E-state index contributed by atoms with van der Waals surface area (Å²) in [6.07, 6.45) is -0.870. The molecule has 0 aliphatic rings. The predicted octanol–water partition coefficient (Wildman–Crippen LogP) is 3.85. The number of amides is 1. The number of halogens is 2. The van der Waals surface area contributed by atoms with Crippen LogP contribution in [0, 0.1) is 12.7 Å². The Hall–Kier alpha value is -2.41. The van der Waals surface area contributed by atoms with Crippen molar-refractivity contribution < 1.29 is 23.5 Å². The summed E-state index contributed by atoms with van der Waals surface area (Å²) in [6.45, 7) is 2.66. The maximum atomic E-state index is 13.4. The van der Waals surface area contributed by atoms with Crippen LogP contribution >= 0.6 is 15.9 Å². The highest BCUT2D eigenvalue weighted by atomic mass is 79.9. The minimum atomic E-state index is -0.870. The van der Waals surface area contributed by atoms with Crippen LogP contribution in [0.4, 0.5) is 10.1 Å². The summed E-state index contributed by atoms with van der Waals surface area (Å²) in [7, 11) is 0. The van der Waals surface area contributed by atoms with Crippen molar-refractivity contribution in [2.24, 2.45) is 0 Å². The van der Waals surface area contributed by atoms with Crippen LogP contribution in [0.1, 0.15) is 12.5 Å². The summed E-state index contributed by atoms with van der Waals surface area (Å²) in [6, 6.07) is 11.3. The van der Waals surface area contributed by atoms with E-state index in [-0.39, 0.29) is 0 Å². The van der Waals surface area contributed by atoms with Crippen LogP contribution in [-0.4, -0.2) is 24.6 Å². The third kappa shape index (κ3) is 5.86. The topological polar surface area (TPSA) is 64.6 Å². The fourth-order valence-electron chi connectivity index (χ4n) is 1.89. The van der Waals surface area contributed by atoms with Gasteiger partial charge in [0.2, 0.25) is 0 Å². The minimum Gasteiger partial charge on any atom is -0.479 e. The molecular formula is C18H17BrFNO4. The Kier molecular flexibility index (Phi) is 6.52. The molecular weight excluding hydrogens is 393 g/mol. The molecule has 0 saturated carbocycles. The summed E-state index contributed by atoms with van der Waals surface area (Å²) >= 11 is 3.30. The highest BCUT2D eigenvalue weighted by Crippen LogP contribution is 2.17. The van der Waals surface area contributed by atoms with Crippen LogP contribution in [0.3, 0.4) is 0 Å². The maximum absolute atomic E-state index is 13.4. The zero-order valence-corrected chi connectivity index (χ0v) is 15.3.